The Labute approximate surface area is 87.2 Å². The molecule has 0 heterocycles. The van der Waals surface area contributed by atoms with Gasteiger partial charge in [-0.2, -0.15) is 0 Å². The van der Waals surface area contributed by atoms with Gasteiger partial charge in [-0.05, 0) is 42.9 Å². The van der Waals surface area contributed by atoms with Crippen molar-refractivity contribution in [2.45, 2.75) is 52.6 Å². The number of aliphatic hydroxyl groups is 1. The highest BCUT2D eigenvalue weighted by molar-refractivity contribution is 5.25. The van der Waals surface area contributed by atoms with E-state index in [1.807, 2.05) is 0 Å². The van der Waals surface area contributed by atoms with Gasteiger partial charge in [0.1, 0.15) is 0 Å². The molecule has 1 nitrogen and oxygen atoms in total. The van der Waals surface area contributed by atoms with E-state index in [0.29, 0.717) is 5.41 Å². The van der Waals surface area contributed by atoms with Gasteiger partial charge in [-0.25, -0.2) is 0 Å². The summed E-state index contributed by atoms with van der Waals surface area (Å²) in [6.07, 6.45) is 6.77. The number of allylic oxidation sites excluding steroid dienone is 1. The molecule has 3 atom stereocenters. The summed E-state index contributed by atoms with van der Waals surface area (Å²) in [6, 6.07) is 0. The molecule has 14 heavy (non-hydrogen) atoms. The summed E-state index contributed by atoms with van der Waals surface area (Å²) in [5.41, 5.74) is 1.88. The average Bonchev–Trinajstić information content (AvgIpc) is 2.37. The van der Waals surface area contributed by atoms with Gasteiger partial charge in [0.05, 0.1) is 6.10 Å². The Kier molecular flexibility index (Phi) is 2.46. The molecule has 0 radical (unpaired) electrons. The Morgan fingerprint density at radius 1 is 1.50 bits per heavy atom. The molecule has 80 valence electrons. The standard InChI is InChI=1S/C13H22O/c1-9(2)10-4-5-13(3)8-12(14)7-11(13)6-10/h7,9-10,12,14H,4-6,8H2,1-3H3/t10-,12-,13+/m1/s1. The molecule has 1 saturated carbocycles. The second kappa shape index (κ2) is 3.37. The lowest BCUT2D eigenvalue weighted by Gasteiger charge is -2.38. The van der Waals surface area contributed by atoms with E-state index in [9.17, 15) is 5.11 Å². The van der Waals surface area contributed by atoms with Gasteiger partial charge in [0.15, 0.2) is 0 Å². The van der Waals surface area contributed by atoms with Gasteiger partial charge < -0.3 is 5.11 Å². The van der Waals surface area contributed by atoms with E-state index in [0.717, 1.165) is 18.3 Å². The molecular weight excluding hydrogens is 172 g/mol. The highest BCUT2D eigenvalue weighted by Gasteiger charge is 2.41. The van der Waals surface area contributed by atoms with Gasteiger partial charge in [0.2, 0.25) is 0 Å². The van der Waals surface area contributed by atoms with Crippen molar-refractivity contribution in [2.75, 3.05) is 0 Å². The fourth-order valence-corrected chi connectivity index (χ4v) is 3.12. The number of hydrogen-bond acceptors (Lipinski definition) is 1. The third-order valence-corrected chi connectivity index (χ3v) is 4.32. The highest BCUT2D eigenvalue weighted by atomic mass is 16.3. The molecule has 1 N–H and O–H groups in total. The van der Waals surface area contributed by atoms with E-state index in [1.54, 1.807) is 0 Å². The molecule has 0 aromatic rings. The number of hydrogen-bond donors (Lipinski definition) is 1. The van der Waals surface area contributed by atoms with E-state index < -0.39 is 0 Å². The Hall–Kier alpha value is -0.300. The monoisotopic (exact) mass is 194 g/mol. The third-order valence-electron chi connectivity index (χ3n) is 4.32. The molecule has 0 spiro atoms. The quantitative estimate of drug-likeness (QED) is 0.636. The van der Waals surface area contributed by atoms with E-state index >= 15 is 0 Å². The van der Waals surface area contributed by atoms with Crippen LogP contribution in [0.1, 0.15) is 46.5 Å². The smallest absolute Gasteiger partial charge is 0.0732 e. The van der Waals surface area contributed by atoms with Crippen LogP contribution in [0.5, 0.6) is 0 Å². The van der Waals surface area contributed by atoms with Gasteiger partial charge in [-0.3, -0.25) is 0 Å². The molecule has 1 heteroatoms. The minimum atomic E-state index is -0.166. The zero-order valence-corrected chi connectivity index (χ0v) is 9.59. The van der Waals surface area contributed by atoms with Gasteiger partial charge in [-0.1, -0.05) is 32.4 Å². The van der Waals surface area contributed by atoms with E-state index in [4.69, 9.17) is 0 Å². The molecule has 0 aliphatic heterocycles. The van der Waals surface area contributed by atoms with Crippen molar-refractivity contribution in [1.82, 2.24) is 0 Å². The van der Waals surface area contributed by atoms with Crippen LogP contribution in [0.15, 0.2) is 11.6 Å². The first-order chi connectivity index (χ1) is 6.51. The fraction of sp³-hybridized carbons (Fsp3) is 0.846. The molecule has 0 bridgehead atoms. The lowest BCUT2D eigenvalue weighted by Crippen LogP contribution is -2.27. The summed E-state index contributed by atoms with van der Waals surface area (Å²) < 4.78 is 0. The average molecular weight is 194 g/mol. The lowest BCUT2D eigenvalue weighted by molar-refractivity contribution is 0.153. The maximum atomic E-state index is 9.67. The Morgan fingerprint density at radius 3 is 2.86 bits per heavy atom. The predicted molar refractivity (Wildman–Crippen MR) is 59.0 cm³/mol. The Morgan fingerprint density at radius 2 is 2.21 bits per heavy atom. The first kappa shape index (κ1) is 10.2. The Bertz CT molecular complexity index is 254. The molecule has 1 fully saturated rings. The number of fused-ring (bicyclic) bond motifs is 1. The summed E-state index contributed by atoms with van der Waals surface area (Å²) in [4.78, 5) is 0. The van der Waals surface area contributed by atoms with Crippen molar-refractivity contribution in [3.63, 3.8) is 0 Å². The van der Waals surface area contributed by atoms with Crippen LogP contribution in [0.2, 0.25) is 0 Å². The van der Waals surface area contributed by atoms with E-state index in [1.165, 1.54) is 24.8 Å². The van der Waals surface area contributed by atoms with Crippen LogP contribution < -0.4 is 0 Å². The van der Waals surface area contributed by atoms with Gasteiger partial charge in [-0.15, -0.1) is 0 Å². The van der Waals surface area contributed by atoms with Crippen molar-refractivity contribution in [3.05, 3.63) is 11.6 Å². The molecular formula is C13H22O. The van der Waals surface area contributed by atoms with Crippen LogP contribution in [0.3, 0.4) is 0 Å². The second-order valence-corrected chi connectivity index (χ2v) is 5.77. The summed E-state index contributed by atoms with van der Waals surface area (Å²) in [6.45, 7) is 6.96. The van der Waals surface area contributed by atoms with Crippen LogP contribution in [-0.4, -0.2) is 11.2 Å². The molecule has 2 aliphatic carbocycles. The zero-order valence-electron chi connectivity index (χ0n) is 9.59. The fourth-order valence-electron chi connectivity index (χ4n) is 3.12. The van der Waals surface area contributed by atoms with Crippen LogP contribution in [-0.2, 0) is 0 Å². The molecule has 0 unspecified atom stereocenters. The van der Waals surface area contributed by atoms with Crippen LogP contribution in [0, 0.1) is 17.3 Å². The number of rotatable bonds is 1. The van der Waals surface area contributed by atoms with Crippen molar-refractivity contribution < 1.29 is 5.11 Å². The molecule has 2 rings (SSSR count). The molecule has 0 amide bonds. The largest absolute Gasteiger partial charge is 0.389 e. The van der Waals surface area contributed by atoms with E-state index in [2.05, 4.69) is 26.8 Å². The summed E-state index contributed by atoms with van der Waals surface area (Å²) in [5.74, 6) is 1.64. The van der Waals surface area contributed by atoms with Crippen LogP contribution >= 0.6 is 0 Å². The summed E-state index contributed by atoms with van der Waals surface area (Å²) in [7, 11) is 0. The molecule has 0 aromatic heterocycles. The van der Waals surface area contributed by atoms with Crippen molar-refractivity contribution in [1.29, 1.82) is 0 Å². The molecule has 0 aromatic carbocycles. The first-order valence-electron chi connectivity index (χ1n) is 5.90. The SMILES string of the molecule is CC(C)[C@@H]1CC[C@@]2(C)C[C@H](O)C=C2C1. The Balaban J connectivity index is 2.13. The number of aliphatic hydroxyl groups excluding tert-OH is 1. The van der Waals surface area contributed by atoms with Crippen molar-refractivity contribution in [2.24, 2.45) is 17.3 Å². The summed E-state index contributed by atoms with van der Waals surface area (Å²) >= 11 is 0. The van der Waals surface area contributed by atoms with E-state index in [-0.39, 0.29) is 6.10 Å². The maximum Gasteiger partial charge on any atom is 0.0732 e. The summed E-state index contributed by atoms with van der Waals surface area (Å²) in [5, 5.41) is 9.67. The zero-order chi connectivity index (χ0) is 10.3. The predicted octanol–water partition coefficient (Wildman–Crippen LogP) is 3.14. The minimum Gasteiger partial charge on any atom is -0.389 e. The van der Waals surface area contributed by atoms with Crippen molar-refractivity contribution >= 4 is 0 Å². The third kappa shape index (κ3) is 1.63. The van der Waals surface area contributed by atoms with Crippen LogP contribution in [0.25, 0.3) is 0 Å². The van der Waals surface area contributed by atoms with Gasteiger partial charge in [0.25, 0.3) is 0 Å². The highest BCUT2D eigenvalue weighted by Crippen LogP contribution is 2.51. The van der Waals surface area contributed by atoms with Crippen LogP contribution in [0.4, 0.5) is 0 Å². The second-order valence-electron chi connectivity index (χ2n) is 5.77. The normalized spacial score (nSPS) is 42.5. The first-order valence-corrected chi connectivity index (χ1v) is 5.90. The molecule has 2 aliphatic rings. The lowest BCUT2D eigenvalue weighted by atomic mass is 9.67. The minimum absolute atomic E-state index is 0.166. The topological polar surface area (TPSA) is 20.2 Å². The van der Waals surface area contributed by atoms with Gasteiger partial charge in [0, 0.05) is 0 Å². The maximum absolute atomic E-state index is 9.67. The van der Waals surface area contributed by atoms with Crippen molar-refractivity contribution in [3.8, 4) is 0 Å². The molecule has 0 saturated heterocycles. The van der Waals surface area contributed by atoms with Gasteiger partial charge >= 0.3 is 0 Å².